The highest BCUT2D eigenvalue weighted by Crippen LogP contribution is 2.11. The summed E-state index contributed by atoms with van der Waals surface area (Å²) < 4.78 is 8.70. The molecule has 1 unspecified atom stereocenters. The Kier molecular flexibility index (Phi) is 10.1. The summed E-state index contributed by atoms with van der Waals surface area (Å²) in [5.74, 6) is -4.76. The number of aliphatic carboxylic acids is 3. The van der Waals surface area contributed by atoms with Crippen LogP contribution in [0, 0.1) is 5.92 Å². The van der Waals surface area contributed by atoms with Crippen molar-refractivity contribution < 1.29 is 44.1 Å². The lowest BCUT2D eigenvalue weighted by Crippen LogP contribution is -2.18. The summed E-state index contributed by atoms with van der Waals surface area (Å²) in [5.41, 5.74) is 0. The van der Waals surface area contributed by atoms with E-state index in [1.54, 1.807) is 0 Å². The molecule has 0 aromatic carbocycles. The van der Waals surface area contributed by atoms with Gasteiger partial charge in [0, 0.05) is 11.0 Å². The fourth-order valence-corrected chi connectivity index (χ4v) is 0.821. The van der Waals surface area contributed by atoms with E-state index in [1.807, 2.05) is 0 Å². The van der Waals surface area contributed by atoms with Gasteiger partial charge in [-0.25, -0.2) is 0 Å². The van der Waals surface area contributed by atoms with E-state index in [0.29, 0.717) is 0 Å². The van der Waals surface area contributed by atoms with Gasteiger partial charge in [0.25, 0.3) is 0 Å². The Morgan fingerprint density at radius 1 is 1.00 bits per heavy atom. The Labute approximate surface area is 96.3 Å². The van der Waals surface area contributed by atoms with Gasteiger partial charge < -0.3 is 15.3 Å². The number of carboxylic acid groups (broad SMARTS) is 3. The van der Waals surface area contributed by atoms with Crippen molar-refractivity contribution in [2.75, 3.05) is 0 Å². The Bertz CT molecular complexity index is 296. The van der Waals surface area contributed by atoms with E-state index in [1.165, 1.54) is 0 Å². The second-order valence-corrected chi connectivity index (χ2v) is 3.32. The zero-order chi connectivity index (χ0) is 14.0. The summed E-state index contributed by atoms with van der Waals surface area (Å²) in [5, 5.41) is 25.0. The van der Waals surface area contributed by atoms with Gasteiger partial charge in [0.1, 0.15) is 0 Å². The molecule has 0 spiro atoms. The molecule has 0 aromatic rings. The molecular formula is C7H12O9P+. The fraction of sp³-hybridized carbons (Fsp3) is 0.571. The van der Waals surface area contributed by atoms with E-state index in [9.17, 15) is 14.4 Å². The average Bonchev–Trinajstić information content (AvgIpc) is 2.09. The molecule has 0 aliphatic carbocycles. The van der Waals surface area contributed by atoms with Crippen LogP contribution in [0.5, 0.6) is 0 Å². The van der Waals surface area contributed by atoms with Gasteiger partial charge in [-0.15, -0.1) is 9.79 Å². The molecule has 98 valence electrons. The van der Waals surface area contributed by atoms with E-state index < -0.39 is 38.5 Å². The molecule has 0 aromatic heterocycles. The lowest BCUT2D eigenvalue weighted by molar-refractivity contribution is -0.149. The van der Waals surface area contributed by atoms with E-state index in [-0.39, 0.29) is 12.8 Å². The molecule has 0 bridgehead atoms. The molecule has 0 aliphatic rings. The van der Waals surface area contributed by atoms with Crippen molar-refractivity contribution in [3.63, 3.8) is 0 Å². The second-order valence-electron chi connectivity index (χ2n) is 2.82. The molecule has 0 saturated carbocycles. The van der Waals surface area contributed by atoms with E-state index >= 15 is 0 Å². The number of hydrogen-bond donors (Lipinski definition) is 5. The van der Waals surface area contributed by atoms with Crippen molar-refractivity contribution in [3.8, 4) is 0 Å². The van der Waals surface area contributed by atoms with Gasteiger partial charge in [0.2, 0.25) is 0 Å². The summed E-state index contributed by atoms with van der Waals surface area (Å²) in [6, 6.07) is 0. The topological polar surface area (TPSA) is 169 Å². The van der Waals surface area contributed by atoms with Crippen LogP contribution >= 0.6 is 8.25 Å². The van der Waals surface area contributed by atoms with Gasteiger partial charge in [-0.05, 0) is 6.42 Å². The summed E-state index contributed by atoms with van der Waals surface area (Å²) in [4.78, 5) is 44.9. The monoisotopic (exact) mass is 271 g/mol. The predicted octanol–water partition coefficient (Wildman–Crippen LogP) is -0.345. The van der Waals surface area contributed by atoms with E-state index in [2.05, 4.69) is 0 Å². The van der Waals surface area contributed by atoms with Crippen molar-refractivity contribution in [2.24, 2.45) is 5.92 Å². The van der Waals surface area contributed by atoms with Crippen LogP contribution in [0.2, 0.25) is 0 Å². The van der Waals surface area contributed by atoms with Gasteiger partial charge in [0.05, 0.1) is 12.3 Å². The summed E-state index contributed by atoms with van der Waals surface area (Å²) >= 11 is 0. The minimum absolute atomic E-state index is 0.156. The molecule has 1 atom stereocenters. The first kappa shape index (κ1) is 17.8. The predicted molar refractivity (Wildman–Crippen MR) is 52.3 cm³/mol. The van der Waals surface area contributed by atoms with Gasteiger partial charge >= 0.3 is 26.2 Å². The van der Waals surface area contributed by atoms with Crippen LogP contribution in [0.25, 0.3) is 0 Å². The summed E-state index contributed by atoms with van der Waals surface area (Å²) in [6.45, 7) is 0. The molecule has 0 amide bonds. The van der Waals surface area contributed by atoms with Gasteiger partial charge in [-0.1, -0.05) is 0 Å². The highest BCUT2D eigenvalue weighted by Gasteiger charge is 2.21. The SMILES string of the molecule is O=C(O)CCC(CC(=O)O)C(=O)O.O=[P+](O)O. The molecule has 5 N–H and O–H groups in total. The first-order valence-corrected chi connectivity index (χ1v) is 5.34. The highest BCUT2D eigenvalue weighted by molar-refractivity contribution is 7.30. The third-order valence-corrected chi connectivity index (χ3v) is 1.48. The van der Waals surface area contributed by atoms with Gasteiger partial charge in [-0.2, -0.15) is 0 Å². The van der Waals surface area contributed by atoms with Crippen molar-refractivity contribution >= 4 is 26.2 Å². The molecule has 0 saturated heterocycles. The van der Waals surface area contributed by atoms with Crippen molar-refractivity contribution in [2.45, 2.75) is 19.3 Å². The number of rotatable bonds is 6. The minimum atomic E-state index is -2.87. The van der Waals surface area contributed by atoms with Gasteiger partial charge in [-0.3, -0.25) is 14.4 Å². The van der Waals surface area contributed by atoms with Crippen LogP contribution < -0.4 is 0 Å². The molecule has 17 heavy (non-hydrogen) atoms. The first-order valence-electron chi connectivity index (χ1n) is 4.18. The highest BCUT2D eigenvalue weighted by atomic mass is 31.1. The third-order valence-electron chi connectivity index (χ3n) is 1.48. The molecule has 0 rings (SSSR count). The molecule has 0 aliphatic heterocycles. The van der Waals surface area contributed by atoms with Crippen molar-refractivity contribution in [3.05, 3.63) is 0 Å². The number of hydrogen-bond acceptors (Lipinski definition) is 4. The molecule has 0 heterocycles. The van der Waals surface area contributed by atoms with Crippen molar-refractivity contribution in [1.82, 2.24) is 0 Å². The third kappa shape index (κ3) is 17.1. The summed E-state index contributed by atoms with van der Waals surface area (Å²) in [7, 11) is -2.87. The van der Waals surface area contributed by atoms with Crippen LogP contribution in [0.1, 0.15) is 19.3 Å². The zero-order valence-corrected chi connectivity index (χ0v) is 9.41. The van der Waals surface area contributed by atoms with Crippen LogP contribution in [0.3, 0.4) is 0 Å². The van der Waals surface area contributed by atoms with Gasteiger partial charge in [0.15, 0.2) is 0 Å². The Hall–Kier alpha value is -1.57. The van der Waals surface area contributed by atoms with Crippen LogP contribution in [0.4, 0.5) is 0 Å². The quantitative estimate of drug-likeness (QED) is 0.405. The van der Waals surface area contributed by atoms with Crippen LogP contribution in [0.15, 0.2) is 0 Å². The molecule has 0 fully saturated rings. The largest absolute Gasteiger partial charge is 0.692 e. The van der Waals surface area contributed by atoms with E-state index in [4.69, 9.17) is 29.7 Å². The maximum absolute atomic E-state index is 10.4. The normalized spacial score (nSPS) is 10.7. The molecule has 0 radical (unpaired) electrons. The van der Waals surface area contributed by atoms with E-state index in [0.717, 1.165) is 0 Å². The second kappa shape index (κ2) is 9.64. The lowest BCUT2D eigenvalue weighted by Gasteiger charge is -2.06. The summed E-state index contributed by atoms with van der Waals surface area (Å²) in [6.07, 6.45) is -1.02. The van der Waals surface area contributed by atoms with Crippen molar-refractivity contribution in [1.29, 1.82) is 0 Å². The standard InChI is InChI=1S/C7H10O6.HO3P/c8-5(9)2-1-4(7(12)13)3-6(10)11;1-4(2)3/h4H,1-3H2,(H,8,9)(H,10,11)(H,12,13);(H-,1,2,3)/p+1. The Morgan fingerprint density at radius 2 is 1.41 bits per heavy atom. The maximum atomic E-state index is 10.4. The number of carboxylic acids is 3. The average molecular weight is 271 g/mol. The minimum Gasteiger partial charge on any atom is -0.481 e. The van der Waals surface area contributed by atoms with Crippen LogP contribution in [-0.4, -0.2) is 43.0 Å². The van der Waals surface area contributed by atoms with Crippen LogP contribution in [-0.2, 0) is 18.9 Å². The molecule has 10 heteroatoms. The Morgan fingerprint density at radius 3 is 1.65 bits per heavy atom. The lowest BCUT2D eigenvalue weighted by atomic mass is 10.00. The zero-order valence-electron chi connectivity index (χ0n) is 8.51. The fourth-order valence-electron chi connectivity index (χ4n) is 0.821. The number of carbonyl (C=O) groups is 3. The Balaban J connectivity index is 0. The molecular weight excluding hydrogens is 259 g/mol. The maximum Gasteiger partial charge on any atom is 0.692 e. The smallest absolute Gasteiger partial charge is 0.481 e. The first-order chi connectivity index (χ1) is 7.66. The molecule has 9 nitrogen and oxygen atoms in total.